The van der Waals surface area contributed by atoms with Crippen LogP contribution < -0.4 is 5.32 Å². The summed E-state index contributed by atoms with van der Waals surface area (Å²) in [6.45, 7) is 4.26. The van der Waals surface area contributed by atoms with Gasteiger partial charge < -0.3 is 14.6 Å². The van der Waals surface area contributed by atoms with Gasteiger partial charge in [0, 0.05) is 38.2 Å². The van der Waals surface area contributed by atoms with Crippen LogP contribution in [0.5, 0.6) is 0 Å². The molecule has 0 aliphatic carbocycles. The molecule has 0 bridgehead atoms. The van der Waals surface area contributed by atoms with E-state index in [1.165, 1.54) is 0 Å². The zero-order valence-corrected chi connectivity index (χ0v) is 15.7. The van der Waals surface area contributed by atoms with Crippen LogP contribution in [0.3, 0.4) is 0 Å². The average Bonchev–Trinajstić information content (AvgIpc) is 3.27. The standard InChI is InChI=1S/C18H25N5O3/c1-5-6-15-19-8-12(26-15)9-20-18(25)13-7-16(24)22(3)17(13)14-10-21-23(4)11(14)2/h8,10,13,17H,5-7,9H2,1-4H3,(H,20,25)/t13-,17-/m0/s1. The summed E-state index contributed by atoms with van der Waals surface area (Å²) in [5, 5.41) is 7.14. The summed E-state index contributed by atoms with van der Waals surface area (Å²) in [6.07, 6.45) is 5.30. The Morgan fingerprint density at radius 1 is 1.38 bits per heavy atom. The number of carbonyl (C=O) groups excluding carboxylic acids is 2. The number of aromatic nitrogens is 3. The quantitative estimate of drug-likeness (QED) is 0.844. The van der Waals surface area contributed by atoms with Gasteiger partial charge in [0.1, 0.15) is 5.76 Å². The molecule has 2 aromatic heterocycles. The number of amides is 2. The van der Waals surface area contributed by atoms with Crippen molar-refractivity contribution in [3.63, 3.8) is 0 Å². The number of hydrogen-bond donors (Lipinski definition) is 1. The third-order valence-corrected chi connectivity index (χ3v) is 5.02. The summed E-state index contributed by atoms with van der Waals surface area (Å²) in [4.78, 5) is 30.8. The summed E-state index contributed by atoms with van der Waals surface area (Å²) in [5.41, 5.74) is 1.86. The van der Waals surface area contributed by atoms with Crippen molar-refractivity contribution in [1.82, 2.24) is 25.0 Å². The summed E-state index contributed by atoms with van der Waals surface area (Å²) < 4.78 is 7.35. The molecule has 0 unspecified atom stereocenters. The van der Waals surface area contributed by atoms with Crippen molar-refractivity contribution in [2.45, 2.75) is 45.7 Å². The lowest BCUT2D eigenvalue weighted by Crippen LogP contribution is -2.34. The van der Waals surface area contributed by atoms with Crippen LogP contribution in [0, 0.1) is 12.8 Å². The number of nitrogens with one attached hydrogen (secondary N) is 1. The van der Waals surface area contributed by atoms with Crippen molar-refractivity contribution in [2.75, 3.05) is 7.05 Å². The highest BCUT2D eigenvalue weighted by Gasteiger charge is 2.43. The van der Waals surface area contributed by atoms with Crippen LogP contribution >= 0.6 is 0 Å². The zero-order chi connectivity index (χ0) is 18.8. The summed E-state index contributed by atoms with van der Waals surface area (Å²) in [6, 6.07) is -0.304. The van der Waals surface area contributed by atoms with Crippen molar-refractivity contribution in [1.29, 1.82) is 0 Å². The Labute approximate surface area is 152 Å². The second-order valence-electron chi connectivity index (χ2n) is 6.76. The SMILES string of the molecule is CCCc1ncc(CNC(=O)[C@H]2CC(=O)N(C)[C@@H]2c2cnn(C)c2C)o1. The highest BCUT2D eigenvalue weighted by Crippen LogP contribution is 2.38. The summed E-state index contributed by atoms with van der Waals surface area (Å²) in [5.74, 6) is 0.645. The fourth-order valence-corrected chi connectivity index (χ4v) is 3.40. The molecule has 3 heterocycles. The number of carbonyl (C=O) groups is 2. The molecule has 2 amide bonds. The largest absolute Gasteiger partial charge is 0.444 e. The first-order chi connectivity index (χ1) is 12.4. The van der Waals surface area contributed by atoms with Crippen molar-refractivity contribution in [3.05, 3.63) is 35.3 Å². The molecule has 1 N–H and O–H groups in total. The predicted molar refractivity (Wildman–Crippen MR) is 93.9 cm³/mol. The lowest BCUT2D eigenvalue weighted by Gasteiger charge is -2.24. The van der Waals surface area contributed by atoms with Gasteiger partial charge in [0.25, 0.3) is 0 Å². The van der Waals surface area contributed by atoms with Crippen molar-refractivity contribution < 1.29 is 14.0 Å². The first kappa shape index (κ1) is 18.2. The maximum absolute atomic E-state index is 12.8. The third kappa shape index (κ3) is 3.36. The average molecular weight is 359 g/mol. The molecule has 1 fully saturated rings. The first-order valence-electron chi connectivity index (χ1n) is 8.87. The number of likely N-dealkylation sites (tertiary alicyclic amines) is 1. The Morgan fingerprint density at radius 2 is 2.15 bits per heavy atom. The molecule has 1 saturated heterocycles. The maximum atomic E-state index is 12.8. The minimum atomic E-state index is -0.451. The van der Waals surface area contributed by atoms with E-state index < -0.39 is 5.92 Å². The second kappa shape index (κ2) is 7.31. The molecule has 2 aromatic rings. The van der Waals surface area contributed by atoms with E-state index in [1.807, 2.05) is 14.0 Å². The molecule has 140 valence electrons. The van der Waals surface area contributed by atoms with Crippen LogP contribution in [0.25, 0.3) is 0 Å². The van der Waals surface area contributed by atoms with Crippen LogP contribution in [0.15, 0.2) is 16.8 Å². The van der Waals surface area contributed by atoms with E-state index in [4.69, 9.17) is 4.42 Å². The minimum Gasteiger partial charge on any atom is -0.444 e. The van der Waals surface area contributed by atoms with Gasteiger partial charge in [0.15, 0.2) is 5.89 Å². The number of hydrogen-bond acceptors (Lipinski definition) is 5. The summed E-state index contributed by atoms with van der Waals surface area (Å²) in [7, 11) is 3.59. The molecule has 2 atom stereocenters. The molecule has 0 radical (unpaired) electrons. The molecular weight excluding hydrogens is 334 g/mol. The Balaban J connectivity index is 1.72. The van der Waals surface area contributed by atoms with E-state index in [0.717, 1.165) is 24.1 Å². The molecular formula is C18H25N5O3. The zero-order valence-electron chi connectivity index (χ0n) is 15.7. The Kier molecular flexibility index (Phi) is 5.11. The summed E-state index contributed by atoms with van der Waals surface area (Å²) >= 11 is 0. The Bertz CT molecular complexity index is 810. The maximum Gasteiger partial charge on any atom is 0.226 e. The van der Waals surface area contributed by atoms with Crippen LogP contribution in [0.4, 0.5) is 0 Å². The molecule has 0 spiro atoms. The predicted octanol–water partition coefficient (Wildman–Crippen LogP) is 1.50. The van der Waals surface area contributed by atoms with Gasteiger partial charge in [0.2, 0.25) is 11.8 Å². The van der Waals surface area contributed by atoms with Gasteiger partial charge >= 0.3 is 0 Å². The molecule has 0 aromatic carbocycles. The minimum absolute atomic E-state index is 0.0386. The molecule has 8 heteroatoms. The van der Waals surface area contributed by atoms with Gasteiger partial charge in [-0.25, -0.2) is 4.98 Å². The number of rotatable bonds is 6. The number of aryl methyl sites for hydroxylation is 2. The highest BCUT2D eigenvalue weighted by atomic mass is 16.4. The van der Waals surface area contributed by atoms with E-state index in [2.05, 4.69) is 22.3 Å². The highest BCUT2D eigenvalue weighted by molar-refractivity contribution is 5.90. The van der Waals surface area contributed by atoms with Gasteiger partial charge in [-0.05, 0) is 13.3 Å². The van der Waals surface area contributed by atoms with Crippen LogP contribution in [-0.2, 0) is 29.6 Å². The lowest BCUT2D eigenvalue weighted by atomic mass is 9.93. The van der Waals surface area contributed by atoms with E-state index >= 15 is 0 Å². The van der Waals surface area contributed by atoms with Gasteiger partial charge in [-0.2, -0.15) is 5.10 Å². The number of oxazole rings is 1. The van der Waals surface area contributed by atoms with Crippen molar-refractivity contribution in [3.8, 4) is 0 Å². The van der Waals surface area contributed by atoms with E-state index in [-0.39, 0.29) is 30.8 Å². The van der Waals surface area contributed by atoms with Gasteiger partial charge in [-0.1, -0.05) is 6.92 Å². The normalized spacial score (nSPS) is 20.0. The smallest absolute Gasteiger partial charge is 0.226 e. The fraction of sp³-hybridized carbons (Fsp3) is 0.556. The second-order valence-corrected chi connectivity index (χ2v) is 6.76. The van der Waals surface area contributed by atoms with E-state index in [0.29, 0.717) is 11.7 Å². The monoisotopic (exact) mass is 359 g/mol. The molecule has 0 saturated carbocycles. The topological polar surface area (TPSA) is 93.3 Å². The Morgan fingerprint density at radius 3 is 2.81 bits per heavy atom. The molecule has 1 aliphatic heterocycles. The van der Waals surface area contributed by atoms with Gasteiger partial charge in [-0.15, -0.1) is 0 Å². The molecule has 1 aliphatic rings. The fourth-order valence-electron chi connectivity index (χ4n) is 3.40. The number of nitrogens with zero attached hydrogens (tertiary/aromatic N) is 4. The molecule has 8 nitrogen and oxygen atoms in total. The van der Waals surface area contributed by atoms with E-state index in [1.54, 1.807) is 29.0 Å². The van der Waals surface area contributed by atoms with Gasteiger partial charge in [0.05, 0.1) is 30.9 Å². The van der Waals surface area contributed by atoms with Crippen LogP contribution in [-0.4, -0.2) is 38.5 Å². The first-order valence-corrected chi connectivity index (χ1v) is 8.87. The van der Waals surface area contributed by atoms with Gasteiger partial charge in [-0.3, -0.25) is 14.3 Å². The third-order valence-electron chi connectivity index (χ3n) is 5.02. The molecule has 26 heavy (non-hydrogen) atoms. The van der Waals surface area contributed by atoms with Crippen LogP contribution in [0.1, 0.15) is 48.7 Å². The molecule has 3 rings (SSSR count). The van der Waals surface area contributed by atoms with Crippen molar-refractivity contribution in [2.24, 2.45) is 13.0 Å². The lowest BCUT2D eigenvalue weighted by molar-refractivity contribution is -0.128. The van der Waals surface area contributed by atoms with Crippen molar-refractivity contribution >= 4 is 11.8 Å². The Hall–Kier alpha value is -2.64. The van der Waals surface area contributed by atoms with Crippen LogP contribution in [0.2, 0.25) is 0 Å². The van der Waals surface area contributed by atoms with E-state index in [9.17, 15) is 9.59 Å².